The number of aromatic nitrogens is 2. The summed E-state index contributed by atoms with van der Waals surface area (Å²) in [7, 11) is 0. The first kappa shape index (κ1) is 17.9. The molecule has 2 aromatic rings. The molecule has 1 N–H and O–H groups in total. The van der Waals surface area contributed by atoms with Gasteiger partial charge in [-0.25, -0.2) is 9.97 Å². The van der Waals surface area contributed by atoms with Crippen molar-refractivity contribution >= 4 is 11.7 Å². The minimum Gasteiger partial charge on any atom is -0.475 e. The molecule has 2 aromatic heterocycles. The van der Waals surface area contributed by atoms with E-state index in [1.54, 1.807) is 18.3 Å². The molecule has 0 aliphatic carbocycles. The molecule has 6 heteroatoms. The van der Waals surface area contributed by atoms with E-state index < -0.39 is 0 Å². The Balaban J connectivity index is 1.87. The lowest BCUT2D eigenvalue weighted by Crippen LogP contribution is -2.22. The van der Waals surface area contributed by atoms with Crippen molar-refractivity contribution < 1.29 is 14.3 Å². The Morgan fingerprint density at radius 2 is 1.96 bits per heavy atom. The average Bonchev–Trinajstić information content (AvgIpc) is 2.53. The van der Waals surface area contributed by atoms with Crippen LogP contribution in [0.25, 0.3) is 0 Å². The van der Waals surface area contributed by atoms with E-state index in [1.165, 1.54) is 6.20 Å². The lowest BCUT2D eigenvalue weighted by Gasteiger charge is -2.19. The first-order valence-corrected chi connectivity index (χ1v) is 7.81. The highest BCUT2D eigenvalue weighted by atomic mass is 16.5. The fraction of sp³-hybridized carbons (Fsp3) is 0.389. The predicted octanol–water partition coefficient (Wildman–Crippen LogP) is 3.23. The van der Waals surface area contributed by atoms with E-state index in [-0.39, 0.29) is 11.5 Å². The summed E-state index contributed by atoms with van der Waals surface area (Å²) >= 11 is 0. The number of carbonyl (C=O) groups excluding carboxylic acids is 1. The molecule has 128 valence electrons. The molecule has 1 amide bonds. The topological polar surface area (TPSA) is 73.3 Å². The van der Waals surface area contributed by atoms with Gasteiger partial charge in [0.25, 0.3) is 5.91 Å². The van der Waals surface area contributed by atoms with Gasteiger partial charge in [-0.2, -0.15) is 0 Å². The first-order chi connectivity index (χ1) is 11.3. The summed E-state index contributed by atoms with van der Waals surface area (Å²) in [6.45, 7) is 8.73. The van der Waals surface area contributed by atoms with Crippen LogP contribution in [-0.4, -0.2) is 34.7 Å². The molecule has 0 fully saturated rings. The van der Waals surface area contributed by atoms with Gasteiger partial charge >= 0.3 is 0 Å². The number of nitrogens with one attached hydrogen (secondary N) is 1. The summed E-state index contributed by atoms with van der Waals surface area (Å²) in [5.41, 5.74) is 1.15. The minimum atomic E-state index is -0.257. The van der Waals surface area contributed by atoms with Gasteiger partial charge < -0.3 is 14.8 Å². The Kier molecular flexibility index (Phi) is 5.87. The highest BCUT2D eigenvalue weighted by Gasteiger charge is 2.11. The van der Waals surface area contributed by atoms with Crippen LogP contribution in [0.15, 0.2) is 36.7 Å². The predicted molar refractivity (Wildman–Crippen MR) is 92.4 cm³/mol. The highest BCUT2D eigenvalue weighted by Crippen LogP contribution is 2.13. The number of ether oxygens (including phenoxy) is 2. The number of anilines is 1. The van der Waals surface area contributed by atoms with E-state index in [0.717, 1.165) is 5.56 Å². The normalized spacial score (nSPS) is 11.2. The fourth-order valence-electron chi connectivity index (χ4n) is 1.89. The van der Waals surface area contributed by atoms with Gasteiger partial charge in [-0.15, -0.1) is 0 Å². The fourth-order valence-corrected chi connectivity index (χ4v) is 1.89. The smallest absolute Gasteiger partial charge is 0.258 e. The summed E-state index contributed by atoms with van der Waals surface area (Å²) in [4.78, 5) is 20.5. The number of carbonyl (C=O) groups is 1. The zero-order valence-electron chi connectivity index (χ0n) is 14.5. The molecule has 0 atom stereocenters. The number of nitrogens with zero attached hydrogens (tertiary/aromatic N) is 2. The monoisotopic (exact) mass is 329 g/mol. The lowest BCUT2D eigenvalue weighted by molar-refractivity contribution is -0.0168. The van der Waals surface area contributed by atoms with Crippen molar-refractivity contribution in [2.45, 2.75) is 33.3 Å². The summed E-state index contributed by atoms with van der Waals surface area (Å²) in [5, 5.41) is 2.76. The van der Waals surface area contributed by atoms with Crippen molar-refractivity contribution in [3.63, 3.8) is 0 Å². The molecule has 0 spiro atoms. The second-order valence-corrected chi connectivity index (χ2v) is 6.32. The maximum atomic E-state index is 12.2. The molecule has 0 aromatic carbocycles. The van der Waals surface area contributed by atoms with Gasteiger partial charge in [0.2, 0.25) is 5.88 Å². The molecule has 0 unspecified atom stereocenters. The van der Waals surface area contributed by atoms with Crippen molar-refractivity contribution in [1.29, 1.82) is 0 Å². The number of hydrogen-bond donors (Lipinski definition) is 1. The van der Waals surface area contributed by atoms with Crippen molar-refractivity contribution in [2.75, 3.05) is 18.5 Å². The molecular formula is C18H23N3O3. The quantitative estimate of drug-likeness (QED) is 0.824. The van der Waals surface area contributed by atoms with Crippen molar-refractivity contribution in [1.82, 2.24) is 9.97 Å². The van der Waals surface area contributed by atoms with Gasteiger partial charge in [0.15, 0.2) is 0 Å². The number of hydrogen-bond acceptors (Lipinski definition) is 5. The largest absolute Gasteiger partial charge is 0.475 e. The van der Waals surface area contributed by atoms with E-state index in [9.17, 15) is 4.79 Å². The van der Waals surface area contributed by atoms with Crippen LogP contribution in [0, 0.1) is 6.92 Å². The van der Waals surface area contributed by atoms with Gasteiger partial charge in [0, 0.05) is 18.5 Å². The molecule has 24 heavy (non-hydrogen) atoms. The Hall–Kier alpha value is -2.47. The van der Waals surface area contributed by atoms with Crippen molar-refractivity contribution in [3.05, 3.63) is 47.8 Å². The van der Waals surface area contributed by atoms with Crippen LogP contribution in [0.3, 0.4) is 0 Å². The summed E-state index contributed by atoms with van der Waals surface area (Å²) in [6.07, 6.45) is 3.12. The zero-order valence-corrected chi connectivity index (χ0v) is 14.5. The molecule has 0 bridgehead atoms. The van der Waals surface area contributed by atoms with Gasteiger partial charge in [0.05, 0.1) is 17.8 Å². The third kappa shape index (κ3) is 5.62. The molecular weight excluding hydrogens is 306 g/mol. The van der Waals surface area contributed by atoms with E-state index in [0.29, 0.717) is 30.5 Å². The number of pyridine rings is 2. The third-order valence-electron chi connectivity index (χ3n) is 3.11. The Bertz CT molecular complexity index is 679. The maximum absolute atomic E-state index is 12.2. The van der Waals surface area contributed by atoms with Crippen LogP contribution >= 0.6 is 0 Å². The average molecular weight is 329 g/mol. The number of amides is 1. The summed E-state index contributed by atoms with van der Waals surface area (Å²) < 4.78 is 11.1. The van der Waals surface area contributed by atoms with Gasteiger partial charge in [0.1, 0.15) is 12.4 Å². The molecule has 6 nitrogen and oxygen atoms in total. The molecule has 0 saturated carbocycles. The summed E-state index contributed by atoms with van der Waals surface area (Å²) in [5.74, 6) is 0.743. The second kappa shape index (κ2) is 7.88. The molecule has 0 aliphatic heterocycles. The van der Waals surface area contributed by atoms with Crippen molar-refractivity contribution in [3.8, 4) is 5.88 Å². The maximum Gasteiger partial charge on any atom is 0.258 e. The summed E-state index contributed by atoms with van der Waals surface area (Å²) in [6, 6.07) is 7.04. The molecule has 2 rings (SSSR count). The van der Waals surface area contributed by atoms with Crippen molar-refractivity contribution in [2.24, 2.45) is 0 Å². The lowest BCUT2D eigenvalue weighted by atomic mass is 10.2. The molecule has 0 aliphatic rings. The molecule has 0 radical (unpaired) electrons. The van der Waals surface area contributed by atoms with Crippen LogP contribution < -0.4 is 10.1 Å². The molecule has 0 saturated heterocycles. The van der Waals surface area contributed by atoms with Gasteiger partial charge in [-0.1, -0.05) is 6.07 Å². The van der Waals surface area contributed by atoms with Crippen LogP contribution in [0.5, 0.6) is 5.88 Å². The Labute approximate surface area is 142 Å². The standard InChI is InChI=1S/C18H23N3O3/c1-13-6-5-9-19-16(13)21-17(22)14-7-8-15(20-12-14)23-10-11-24-18(2,3)4/h5-9,12H,10-11H2,1-4H3,(H,19,21,22). The zero-order chi connectivity index (χ0) is 17.6. The number of rotatable bonds is 6. The second-order valence-electron chi connectivity index (χ2n) is 6.32. The van der Waals surface area contributed by atoms with E-state index in [4.69, 9.17) is 9.47 Å². The van der Waals surface area contributed by atoms with Crippen LogP contribution in [0.2, 0.25) is 0 Å². The minimum absolute atomic E-state index is 0.192. The van der Waals surface area contributed by atoms with E-state index in [1.807, 2.05) is 39.8 Å². The van der Waals surface area contributed by atoms with Crippen LogP contribution in [0.4, 0.5) is 5.82 Å². The highest BCUT2D eigenvalue weighted by molar-refractivity contribution is 6.03. The van der Waals surface area contributed by atoms with Crippen LogP contribution in [0.1, 0.15) is 36.7 Å². The van der Waals surface area contributed by atoms with E-state index >= 15 is 0 Å². The SMILES string of the molecule is Cc1cccnc1NC(=O)c1ccc(OCCOC(C)(C)C)nc1. The Morgan fingerprint density at radius 1 is 1.17 bits per heavy atom. The van der Waals surface area contributed by atoms with Gasteiger partial charge in [-0.05, 0) is 45.4 Å². The van der Waals surface area contributed by atoms with E-state index in [2.05, 4.69) is 15.3 Å². The molecule has 2 heterocycles. The Morgan fingerprint density at radius 3 is 2.58 bits per heavy atom. The van der Waals surface area contributed by atoms with Gasteiger partial charge in [-0.3, -0.25) is 4.79 Å². The number of aryl methyl sites for hydroxylation is 1. The first-order valence-electron chi connectivity index (χ1n) is 7.81. The third-order valence-corrected chi connectivity index (χ3v) is 3.11. The van der Waals surface area contributed by atoms with Crippen LogP contribution in [-0.2, 0) is 4.74 Å².